The maximum absolute atomic E-state index is 13.2. The van der Waals surface area contributed by atoms with Crippen LogP contribution in [0.15, 0.2) is 0 Å². The van der Waals surface area contributed by atoms with Crippen molar-refractivity contribution in [3.63, 3.8) is 0 Å². The number of carbonyl (C=O) groups is 4. The highest BCUT2D eigenvalue weighted by molar-refractivity contribution is 6.36. The molecule has 8 heteroatoms. The van der Waals surface area contributed by atoms with Gasteiger partial charge in [0.1, 0.15) is 0 Å². The number of unbranched alkanes of at least 4 members (excludes halogenated alkanes) is 1. The Balaban J connectivity index is 1.27. The summed E-state index contributed by atoms with van der Waals surface area (Å²) >= 11 is 0. The van der Waals surface area contributed by atoms with Gasteiger partial charge in [0.25, 0.3) is 0 Å². The summed E-state index contributed by atoms with van der Waals surface area (Å²) in [6.45, 7) is 7.47. The van der Waals surface area contributed by atoms with Gasteiger partial charge in [0.15, 0.2) is 0 Å². The van der Waals surface area contributed by atoms with E-state index in [4.69, 9.17) is 0 Å². The molecule has 0 radical (unpaired) electrons. The number of amides is 4. The lowest BCUT2D eigenvalue weighted by Gasteiger charge is -2.43. The first-order chi connectivity index (χ1) is 18.8. The second-order valence-electron chi connectivity index (χ2n) is 13.1. The van der Waals surface area contributed by atoms with Crippen molar-refractivity contribution in [3.8, 4) is 0 Å². The molecule has 8 nitrogen and oxygen atoms in total. The molecule has 4 rings (SSSR count). The van der Waals surface area contributed by atoms with E-state index in [-0.39, 0.29) is 23.9 Å². The number of rotatable bonds is 12. The predicted octanol–water partition coefficient (Wildman–Crippen LogP) is 4.12. The molecule has 220 valence electrons. The van der Waals surface area contributed by atoms with Crippen LogP contribution in [0.4, 0.5) is 0 Å². The van der Waals surface area contributed by atoms with Crippen molar-refractivity contribution in [2.45, 2.75) is 122 Å². The summed E-state index contributed by atoms with van der Waals surface area (Å²) in [5.41, 5.74) is 0. The summed E-state index contributed by atoms with van der Waals surface area (Å²) in [7, 11) is 0. The molecule has 1 N–H and O–H groups in total. The Bertz CT molecular complexity index is 850. The van der Waals surface area contributed by atoms with Crippen LogP contribution in [0.1, 0.15) is 110 Å². The molecule has 0 bridgehead atoms. The first-order valence-corrected chi connectivity index (χ1v) is 16.0. The molecule has 2 aliphatic carbocycles. The minimum absolute atomic E-state index is 0.0113. The van der Waals surface area contributed by atoms with Crippen LogP contribution in [0.5, 0.6) is 0 Å². The fourth-order valence-corrected chi connectivity index (χ4v) is 7.39. The van der Waals surface area contributed by atoms with Gasteiger partial charge in [-0.25, -0.2) is 0 Å². The average Bonchev–Trinajstić information content (AvgIpc) is 2.93. The second kappa shape index (κ2) is 14.5. The summed E-state index contributed by atoms with van der Waals surface area (Å²) in [6.07, 6.45) is 16.8. The number of hydrogen-bond acceptors (Lipinski definition) is 4. The van der Waals surface area contributed by atoms with Gasteiger partial charge in [-0.2, -0.15) is 0 Å². The van der Waals surface area contributed by atoms with E-state index in [9.17, 15) is 19.2 Å². The van der Waals surface area contributed by atoms with Gasteiger partial charge in [0.2, 0.25) is 0 Å². The molecule has 0 aromatic carbocycles. The summed E-state index contributed by atoms with van der Waals surface area (Å²) in [5.74, 6) is 0.111. The van der Waals surface area contributed by atoms with Crippen LogP contribution in [0.3, 0.4) is 0 Å². The molecule has 39 heavy (non-hydrogen) atoms. The Morgan fingerprint density at radius 1 is 0.718 bits per heavy atom. The van der Waals surface area contributed by atoms with Gasteiger partial charge in [0, 0.05) is 38.8 Å². The molecule has 4 fully saturated rings. The van der Waals surface area contributed by atoms with E-state index in [1.807, 2.05) is 9.80 Å². The lowest BCUT2D eigenvalue weighted by molar-refractivity contribution is -0.160. The lowest BCUT2D eigenvalue weighted by atomic mass is 9.86. The van der Waals surface area contributed by atoms with Gasteiger partial charge in [0.05, 0.1) is 6.04 Å². The topological polar surface area (TPSA) is 90.0 Å². The number of hydrogen-bond donors (Lipinski definition) is 1. The molecule has 0 aromatic heterocycles. The maximum atomic E-state index is 13.2. The smallest absolute Gasteiger partial charge is 0.312 e. The first-order valence-electron chi connectivity index (χ1n) is 16.0. The summed E-state index contributed by atoms with van der Waals surface area (Å²) in [6, 6.07) is 0.107. The Morgan fingerprint density at radius 2 is 1.38 bits per heavy atom. The molecule has 0 aromatic rings. The Labute approximate surface area is 235 Å². The second-order valence-corrected chi connectivity index (χ2v) is 13.1. The predicted molar refractivity (Wildman–Crippen MR) is 152 cm³/mol. The van der Waals surface area contributed by atoms with Crippen molar-refractivity contribution in [1.29, 1.82) is 0 Å². The Kier molecular flexibility index (Phi) is 11.1. The molecular formula is C31H52N4O4. The van der Waals surface area contributed by atoms with Crippen LogP contribution in [-0.2, 0) is 19.2 Å². The van der Waals surface area contributed by atoms with E-state index in [0.29, 0.717) is 43.9 Å². The van der Waals surface area contributed by atoms with E-state index < -0.39 is 11.8 Å². The zero-order chi connectivity index (χ0) is 27.8. The van der Waals surface area contributed by atoms with Crippen molar-refractivity contribution in [3.05, 3.63) is 0 Å². The number of carbonyl (C=O) groups excluding carboxylic acids is 4. The summed E-state index contributed by atoms with van der Waals surface area (Å²) in [5, 5.41) is 2.77. The highest BCUT2D eigenvalue weighted by Gasteiger charge is 2.40. The normalized spacial score (nSPS) is 26.1. The first kappa shape index (κ1) is 29.9. The maximum Gasteiger partial charge on any atom is 0.312 e. The summed E-state index contributed by atoms with van der Waals surface area (Å²) in [4.78, 5) is 56.6. The third-order valence-electron chi connectivity index (χ3n) is 9.64. The molecule has 4 aliphatic rings. The molecule has 0 unspecified atom stereocenters. The van der Waals surface area contributed by atoms with Gasteiger partial charge >= 0.3 is 23.6 Å². The summed E-state index contributed by atoms with van der Waals surface area (Å²) < 4.78 is 0. The minimum atomic E-state index is -0.485. The third kappa shape index (κ3) is 8.20. The van der Waals surface area contributed by atoms with Gasteiger partial charge < -0.3 is 20.0 Å². The van der Waals surface area contributed by atoms with E-state index >= 15 is 0 Å². The monoisotopic (exact) mass is 544 g/mol. The van der Waals surface area contributed by atoms with Gasteiger partial charge in [-0.05, 0) is 62.7 Å². The molecule has 2 saturated heterocycles. The van der Waals surface area contributed by atoms with Crippen molar-refractivity contribution in [2.75, 3.05) is 32.7 Å². The van der Waals surface area contributed by atoms with Gasteiger partial charge in [-0.3, -0.25) is 19.2 Å². The third-order valence-corrected chi connectivity index (χ3v) is 9.64. The standard InChI is InChI=1S/C31H52N4O4/c1-23(2)19-27-22-33(30(38)31(39)35(27)21-25-13-7-4-8-14-25)17-10-9-15-26-20-32-28(36)29(37)34(26)18-16-24-11-5-3-6-12-24/h23-27H,3-22H2,1-2H3,(H,32,36)/t26-,27+/m0/s1. The zero-order valence-corrected chi connectivity index (χ0v) is 24.5. The minimum Gasteiger partial charge on any atom is -0.346 e. The molecular weight excluding hydrogens is 492 g/mol. The fourth-order valence-electron chi connectivity index (χ4n) is 7.39. The van der Waals surface area contributed by atoms with E-state index in [2.05, 4.69) is 19.2 Å². The highest BCUT2D eigenvalue weighted by atomic mass is 16.2. The van der Waals surface area contributed by atoms with Crippen molar-refractivity contribution in [2.24, 2.45) is 17.8 Å². The van der Waals surface area contributed by atoms with Crippen molar-refractivity contribution >= 4 is 23.6 Å². The lowest BCUT2D eigenvalue weighted by Crippen LogP contribution is -2.61. The number of nitrogens with zero attached hydrogens (tertiary/aromatic N) is 3. The number of nitrogens with one attached hydrogen (secondary N) is 1. The molecule has 2 atom stereocenters. The molecule has 2 saturated carbocycles. The van der Waals surface area contributed by atoms with E-state index in [0.717, 1.165) is 51.5 Å². The van der Waals surface area contributed by atoms with Crippen LogP contribution < -0.4 is 5.32 Å². The van der Waals surface area contributed by atoms with Crippen LogP contribution in [-0.4, -0.2) is 83.1 Å². The number of piperazine rings is 2. The molecule has 4 amide bonds. The van der Waals surface area contributed by atoms with E-state index in [1.54, 1.807) is 4.90 Å². The van der Waals surface area contributed by atoms with Crippen LogP contribution >= 0.6 is 0 Å². The van der Waals surface area contributed by atoms with Gasteiger partial charge in [-0.1, -0.05) is 65.2 Å². The van der Waals surface area contributed by atoms with Gasteiger partial charge in [-0.15, -0.1) is 0 Å². The van der Waals surface area contributed by atoms with Crippen LogP contribution in [0, 0.1) is 17.8 Å². The SMILES string of the molecule is CC(C)C[C@@H]1CN(CCCC[C@H]2CNC(=O)C(=O)N2CCC2CCCCC2)C(=O)C(=O)N1CC1CCCCC1. The van der Waals surface area contributed by atoms with E-state index in [1.165, 1.54) is 51.4 Å². The highest BCUT2D eigenvalue weighted by Crippen LogP contribution is 2.29. The largest absolute Gasteiger partial charge is 0.346 e. The van der Waals surface area contributed by atoms with Crippen molar-refractivity contribution in [1.82, 2.24) is 20.0 Å². The average molecular weight is 545 g/mol. The van der Waals surface area contributed by atoms with Crippen LogP contribution in [0.25, 0.3) is 0 Å². The Hall–Kier alpha value is -2.12. The van der Waals surface area contributed by atoms with Crippen LogP contribution in [0.2, 0.25) is 0 Å². The zero-order valence-electron chi connectivity index (χ0n) is 24.5. The quantitative estimate of drug-likeness (QED) is 0.296. The fraction of sp³-hybridized carbons (Fsp3) is 0.871. The Morgan fingerprint density at radius 3 is 2.05 bits per heavy atom. The molecule has 2 heterocycles. The van der Waals surface area contributed by atoms with Crippen molar-refractivity contribution < 1.29 is 19.2 Å². The molecule has 2 aliphatic heterocycles. The molecule has 0 spiro atoms.